The molecular weight excluding hydrogens is 285 g/mol. The number of halogens is 2. The van der Waals surface area contributed by atoms with E-state index in [1.54, 1.807) is 12.1 Å². The van der Waals surface area contributed by atoms with Crippen molar-refractivity contribution in [3.63, 3.8) is 0 Å². The summed E-state index contributed by atoms with van der Waals surface area (Å²) >= 11 is 11.9. The Bertz CT molecular complexity index is 473. The van der Waals surface area contributed by atoms with Crippen molar-refractivity contribution in [2.24, 2.45) is 0 Å². The molecule has 1 rings (SSSR count). The molecule has 0 aliphatic heterocycles. The summed E-state index contributed by atoms with van der Waals surface area (Å²) in [5, 5.41) is 13.3. The van der Waals surface area contributed by atoms with Gasteiger partial charge in [-0.3, -0.25) is 0 Å². The summed E-state index contributed by atoms with van der Waals surface area (Å²) in [6.45, 7) is 3.10. The number of carbonyl (C=O) groups is 1. The van der Waals surface area contributed by atoms with Crippen LogP contribution in [0.1, 0.15) is 18.9 Å². The van der Waals surface area contributed by atoms with Crippen LogP contribution in [0.15, 0.2) is 29.8 Å². The van der Waals surface area contributed by atoms with E-state index in [0.717, 1.165) is 18.5 Å². The van der Waals surface area contributed by atoms with E-state index < -0.39 is 5.97 Å². The quantitative estimate of drug-likeness (QED) is 0.598. The lowest BCUT2D eigenvalue weighted by Gasteiger charge is -2.05. The van der Waals surface area contributed by atoms with Crippen LogP contribution in [0.4, 0.5) is 0 Å². The Labute approximate surface area is 123 Å². The van der Waals surface area contributed by atoms with Gasteiger partial charge in [0.05, 0.1) is 0 Å². The number of carboxylic acids is 1. The van der Waals surface area contributed by atoms with Crippen molar-refractivity contribution in [1.29, 1.82) is 0 Å². The maximum Gasteiger partial charge on any atom is 0.331 e. The van der Waals surface area contributed by atoms with Crippen LogP contribution in [0.2, 0.25) is 10.0 Å². The van der Waals surface area contributed by atoms with Crippen LogP contribution in [-0.4, -0.2) is 24.2 Å². The first-order chi connectivity index (χ1) is 9.04. The fraction of sp³-hybridized carbons (Fsp3) is 0.357. The predicted octanol–water partition coefficient (Wildman–Crippen LogP) is 3.55. The molecule has 0 atom stereocenters. The zero-order valence-corrected chi connectivity index (χ0v) is 12.3. The third-order valence-corrected chi connectivity index (χ3v) is 3.32. The van der Waals surface area contributed by atoms with Crippen LogP contribution in [0.25, 0.3) is 0 Å². The third-order valence-electron chi connectivity index (χ3n) is 2.73. The molecule has 2 N–H and O–H groups in total. The van der Waals surface area contributed by atoms with Gasteiger partial charge in [0.1, 0.15) is 0 Å². The Balaban J connectivity index is 2.37. The molecule has 0 fully saturated rings. The number of benzene rings is 1. The Morgan fingerprint density at radius 1 is 1.42 bits per heavy atom. The predicted molar refractivity (Wildman–Crippen MR) is 79.0 cm³/mol. The molecule has 0 aliphatic carbocycles. The Morgan fingerprint density at radius 3 is 2.74 bits per heavy atom. The molecular formula is C14H17Cl2NO2. The minimum atomic E-state index is -0.856. The number of rotatable bonds is 7. The van der Waals surface area contributed by atoms with Gasteiger partial charge in [0.2, 0.25) is 0 Å². The van der Waals surface area contributed by atoms with Crippen molar-refractivity contribution in [2.45, 2.75) is 19.8 Å². The molecule has 19 heavy (non-hydrogen) atoms. The maximum absolute atomic E-state index is 10.8. The average Bonchev–Trinajstić information content (AvgIpc) is 2.35. The van der Waals surface area contributed by atoms with E-state index in [-0.39, 0.29) is 0 Å². The topological polar surface area (TPSA) is 49.3 Å². The molecule has 0 aliphatic rings. The second-order valence-electron chi connectivity index (χ2n) is 4.08. The highest BCUT2D eigenvalue weighted by Gasteiger charge is 2.03. The molecule has 0 aromatic heterocycles. The van der Waals surface area contributed by atoms with Gasteiger partial charge in [-0.1, -0.05) is 42.3 Å². The van der Waals surface area contributed by atoms with Gasteiger partial charge in [-0.05, 0) is 37.1 Å². The van der Waals surface area contributed by atoms with Gasteiger partial charge in [-0.15, -0.1) is 0 Å². The lowest BCUT2D eigenvalue weighted by Crippen LogP contribution is -2.18. The molecule has 1 aromatic carbocycles. The number of nitrogens with one attached hydrogen (secondary N) is 1. The molecule has 0 radical (unpaired) electrons. The normalized spacial score (nSPS) is 11.6. The first-order valence-electron chi connectivity index (χ1n) is 6.11. The zero-order chi connectivity index (χ0) is 14.3. The Kier molecular flexibility index (Phi) is 6.92. The second kappa shape index (κ2) is 8.20. The average molecular weight is 302 g/mol. The monoisotopic (exact) mass is 301 g/mol. The van der Waals surface area contributed by atoms with Gasteiger partial charge in [0.15, 0.2) is 0 Å². The molecule has 0 amide bonds. The zero-order valence-electron chi connectivity index (χ0n) is 10.7. The van der Waals surface area contributed by atoms with E-state index in [2.05, 4.69) is 5.32 Å². The lowest BCUT2D eigenvalue weighted by molar-refractivity contribution is -0.132. The van der Waals surface area contributed by atoms with Gasteiger partial charge < -0.3 is 10.4 Å². The van der Waals surface area contributed by atoms with E-state index in [0.29, 0.717) is 28.6 Å². The first-order valence-corrected chi connectivity index (χ1v) is 6.87. The lowest BCUT2D eigenvalue weighted by atomic mass is 10.1. The number of hydrogen-bond donors (Lipinski definition) is 2. The van der Waals surface area contributed by atoms with E-state index in [4.69, 9.17) is 28.3 Å². The highest BCUT2D eigenvalue weighted by Crippen LogP contribution is 2.20. The second-order valence-corrected chi connectivity index (χ2v) is 4.92. The summed E-state index contributed by atoms with van der Waals surface area (Å²) in [4.78, 5) is 10.8. The van der Waals surface area contributed by atoms with Crippen LogP contribution < -0.4 is 5.32 Å². The van der Waals surface area contributed by atoms with Crippen molar-refractivity contribution in [3.05, 3.63) is 45.5 Å². The highest BCUT2D eigenvalue weighted by atomic mass is 35.5. The van der Waals surface area contributed by atoms with Crippen molar-refractivity contribution in [1.82, 2.24) is 5.32 Å². The van der Waals surface area contributed by atoms with Gasteiger partial charge in [0, 0.05) is 22.2 Å². The largest absolute Gasteiger partial charge is 0.478 e. The van der Waals surface area contributed by atoms with Crippen LogP contribution in [0.3, 0.4) is 0 Å². The smallest absolute Gasteiger partial charge is 0.331 e. The molecule has 0 bridgehead atoms. The molecule has 5 heteroatoms. The van der Waals surface area contributed by atoms with Gasteiger partial charge >= 0.3 is 5.97 Å². The molecule has 0 unspecified atom stereocenters. The fourth-order valence-electron chi connectivity index (χ4n) is 1.63. The number of carboxylic acid groups (broad SMARTS) is 1. The number of aliphatic carboxylic acids is 1. The van der Waals surface area contributed by atoms with E-state index >= 15 is 0 Å². The maximum atomic E-state index is 10.8. The molecule has 0 saturated carbocycles. The highest BCUT2D eigenvalue weighted by molar-refractivity contribution is 6.35. The van der Waals surface area contributed by atoms with Gasteiger partial charge in [0.25, 0.3) is 0 Å². The van der Waals surface area contributed by atoms with Crippen molar-refractivity contribution in [3.8, 4) is 0 Å². The van der Waals surface area contributed by atoms with Gasteiger partial charge in [-0.25, -0.2) is 4.79 Å². The molecule has 104 valence electrons. The summed E-state index contributed by atoms with van der Waals surface area (Å²) in [5.41, 5.74) is 1.45. The van der Waals surface area contributed by atoms with Crippen LogP contribution in [0.5, 0.6) is 0 Å². The molecule has 3 nitrogen and oxygen atoms in total. The fourth-order valence-corrected chi connectivity index (χ4v) is 2.13. The van der Waals surface area contributed by atoms with Crippen molar-refractivity contribution >= 4 is 29.2 Å². The van der Waals surface area contributed by atoms with Crippen LogP contribution >= 0.6 is 23.2 Å². The molecule has 0 spiro atoms. The standard InChI is InChI=1S/C14H17Cl2NO2/c1-2-10(14(18)19)5-7-17-8-6-11-3-4-12(15)9-13(11)16/h3-5,9,17H,2,6-8H2,1H3,(H,18,19)/b10-5-. The van der Waals surface area contributed by atoms with Crippen molar-refractivity contribution in [2.75, 3.05) is 13.1 Å². The minimum Gasteiger partial charge on any atom is -0.478 e. The third kappa shape index (κ3) is 5.64. The molecule has 0 saturated heterocycles. The summed E-state index contributed by atoms with van der Waals surface area (Å²) in [6.07, 6.45) is 3.00. The van der Waals surface area contributed by atoms with E-state index in [9.17, 15) is 4.79 Å². The molecule has 1 aromatic rings. The van der Waals surface area contributed by atoms with Crippen molar-refractivity contribution < 1.29 is 9.90 Å². The molecule has 0 heterocycles. The van der Waals surface area contributed by atoms with E-state index in [1.807, 2.05) is 19.1 Å². The van der Waals surface area contributed by atoms with Crippen LogP contribution in [0, 0.1) is 0 Å². The van der Waals surface area contributed by atoms with E-state index in [1.165, 1.54) is 0 Å². The number of hydrogen-bond acceptors (Lipinski definition) is 2. The summed E-state index contributed by atoms with van der Waals surface area (Å²) in [7, 11) is 0. The summed E-state index contributed by atoms with van der Waals surface area (Å²) in [5.74, 6) is -0.856. The SMILES string of the molecule is CC/C(=C/CNCCc1ccc(Cl)cc1Cl)C(=O)O. The Hall–Kier alpha value is -1.03. The minimum absolute atomic E-state index is 0.428. The summed E-state index contributed by atoms with van der Waals surface area (Å²) in [6, 6.07) is 5.43. The van der Waals surface area contributed by atoms with Gasteiger partial charge in [-0.2, -0.15) is 0 Å². The first kappa shape index (κ1) is 16.0. The van der Waals surface area contributed by atoms with Crippen LogP contribution in [-0.2, 0) is 11.2 Å². The summed E-state index contributed by atoms with van der Waals surface area (Å²) < 4.78 is 0. The Morgan fingerprint density at radius 2 is 2.16 bits per heavy atom.